The van der Waals surface area contributed by atoms with Crippen molar-refractivity contribution in [1.82, 2.24) is 24.6 Å². The Morgan fingerprint density at radius 1 is 1.12 bits per heavy atom. The second kappa shape index (κ2) is 8.03. The Balaban J connectivity index is 1.40. The molecule has 0 bridgehead atoms. The highest BCUT2D eigenvalue weighted by molar-refractivity contribution is 5.88. The number of hydrogen-bond acceptors (Lipinski definition) is 5. The van der Waals surface area contributed by atoms with Gasteiger partial charge in [-0.1, -0.05) is 6.07 Å². The van der Waals surface area contributed by atoms with Crippen LogP contribution in [0, 0.1) is 13.8 Å². The van der Waals surface area contributed by atoms with Crippen molar-refractivity contribution in [1.29, 1.82) is 0 Å². The van der Waals surface area contributed by atoms with Gasteiger partial charge in [0.15, 0.2) is 23.0 Å². The van der Waals surface area contributed by atoms with Crippen molar-refractivity contribution in [2.75, 3.05) is 13.2 Å². The van der Waals surface area contributed by atoms with Gasteiger partial charge in [-0.3, -0.25) is 4.79 Å². The van der Waals surface area contributed by atoms with Crippen LogP contribution in [-0.2, 0) is 11.3 Å². The molecule has 0 spiro atoms. The number of nitrogens with one attached hydrogen (secondary N) is 1. The zero-order valence-electron chi connectivity index (χ0n) is 18.3. The van der Waals surface area contributed by atoms with Crippen molar-refractivity contribution in [3.05, 3.63) is 65.6 Å². The van der Waals surface area contributed by atoms with Crippen molar-refractivity contribution in [2.24, 2.45) is 0 Å². The first-order valence-electron chi connectivity index (χ1n) is 10.7. The molecule has 5 rings (SSSR count). The lowest BCUT2D eigenvalue weighted by molar-refractivity contribution is -0.122. The summed E-state index contributed by atoms with van der Waals surface area (Å²) in [6.45, 7) is 7.08. The summed E-state index contributed by atoms with van der Waals surface area (Å²) in [5, 5.41) is 8.73. The molecule has 4 heterocycles. The summed E-state index contributed by atoms with van der Waals surface area (Å²) < 4.78 is 14.9. The third kappa shape index (κ3) is 3.68. The summed E-state index contributed by atoms with van der Waals surface area (Å²) in [5.41, 5.74) is 3.62. The molecular weight excluding hydrogens is 406 g/mol. The van der Waals surface area contributed by atoms with E-state index in [0.717, 1.165) is 33.8 Å². The molecule has 164 valence electrons. The highest BCUT2D eigenvalue weighted by atomic mass is 16.6. The number of carbonyl (C=O) groups is 1. The van der Waals surface area contributed by atoms with Crippen LogP contribution in [0.4, 0.5) is 0 Å². The van der Waals surface area contributed by atoms with E-state index in [0.29, 0.717) is 24.6 Å². The number of rotatable bonds is 5. The number of fused-ring (bicyclic) bond motifs is 2. The Morgan fingerprint density at radius 2 is 1.88 bits per heavy atom. The zero-order chi connectivity index (χ0) is 22.2. The number of aryl methyl sites for hydroxylation is 2. The summed E-state index contributed by atoms with van der Waals surface area (Å²) in [4.78, 5) is 17.6. The van der Waals surface area contributed by atoms with Gasteiger partial charge in [0.25, 0.3) is 0 Å². The molecule has 1 atom stereocenters. The Hall–Kier alpha value is -3.81. The highest BCUT2D eigenvalue weighted by Gasteiger charge is 2.20. The summed E-state index contributed by atoms with van der Waals surface area (Å²) >= 11 is 0. The summed E-state index contributed by atoms with van der Waals surface area (Å²) in [7, 11) is 0. The molecule has 1 amide bonds. The van der Waals surface area contributed by atoms with E-state index < -0.39 is 0 Å². The van der Waals surface area contributed by atoms with Crippen molar-refractivity contribution in [3.63, 3.8) is 0 Å². The third-order valence-electron chi connectivity index (χ3n) is 5.60. The summed E-state index contributed by atoms with van der Waals surface area (Å²) in [6, 6.07) is 11.5. The predicted molar refractivity (Wildman–Crippen MR) is 120 cm³/mol. The van der Waals surface area contributed by atoms with Crippen LogP contribution in [0.5, 0.6) is 11.5 Å². The summed E-state index contributed by atoms with van der Waals surface area (Å²) in [6.07, 6.45) is 3.88. The van der Waals surface area contributed by atoms with Gasteiger partial charge in [-0.25, -0.2) is 9.67 Å². The molecule has 8 nitrogen and oxygen atoms in total. The molecule has 1 aliphatic heterocycles. The number of nitrogens with zero attached hydrogens (tertiary/aromatic N) is 4. The molecule has 0 fully saturated rings. The Morgan fingerprint density at radius 3 is 2.66 bits per heavy atom. The molecule has 8 heteroatoms. The van der Waals surface area contributed by atoms with Gasteiger partial charge in [-0.2, -0.15) is 5.10 Å². The lowest BCUT2D eigenvalue weighted by Crippen LogP contribution is -2.30. The van der Waals surface area contributed by atoms with Crippen LogP contribution < -0.4 is 14.8 Å². The minimum absolute atomic E-state index is 0.0720. The molecule has 32 heavy (non-hydrogen) atoms. The molecule has 3 aromatic heterocycles. The standard InChI is InChI=1S/C24H25N5O3/c1-15-12-16(2)25-23-22(15)24(28-8-4-5-9-28)27-29(23)14-21(30)26-17(3)18-6-7-19-20(13-18)32-11-10-31-19/h4-9,12-13,17H,10-11,14H2,1-3H3,(H,26,30). The van der Waals surface area contributed by atoms with Gasteiger partial charge in [-0.05, 0) is 62.2 Å². The largest absolute Gasteiger partial charge is 0.486 e. The molecule has 1 unspecified atom stereocenters. The first-order chi connectivity index (χ1) is 15.5. The van der Waals surface area contributed by atoms with Gasteiger partial charge in [0.05, 0.1) is 11.4 Å². The zero-order valence-corrected chi connectivity index (χ0v) is 18.3. The molecule has 1 N–H and O–H groups in total. The molecule has 0 saturated heterocycles. The van der Waals surface area contributed by atoms with Crippen molar-refractivity contribution >= 4 is 16.9 Å². The van der Waals surface area contributed by atoms with E-state index in [1.54, 1.807) is 4.68 Å². The number of aromatic nitrogens is 4. The van der Waals surface area contributed by atoms with Gasteiger partial charge in [-0.15, -0.1) is 0 Å². The summed E-state index contributed by atoms with van der Waals surface area (Å²) in [5.74, 6) is 2.06. The lowest BCUT2D eigenvalue weighted by atomic mass is 10.1. The van der Waals surface area contributed by atoms with Crippen molar-refractivity contribution in [2.45, 2.75) is 33.4 Å². The third-order valence-corrected chi connectivity index (χ3v) is 5.60. The normalized spacial score (nSPS) is 13.8. The Kier molecular flexibility index (Phi) is 5.05. The highest BCUT2D eigenvalue weighted by Crippen LogP contribution is 2.32. The fraction of sp³-hybridized carbons (Fsp3) is 0.292. The number of amides is 1. The number of ether oxygens (including phenoxy) is 2. The molecular formula is C24H25N5O3. The van der Waals surface area contributed by atoms with Crippen LogP contribution in [0.15, 0.2) is 48.8 Å². The van der Waals surface area contributed by atoms with E-state index >= 15 is 0 Å². The first kappa shape index (κ1) is 20.1. The van der Waals surface area contributed by atoms with Crippen LogP contribution >= 0.6 is 0 Å². The van der Waals surface area contributed by atoms with Crippen LogP contribution in [0.3, 0.4) is 0 Å². The number of benzene rings is 1. The van der Waals surface area contributed by atoms with Gasteiger partial charge < -0.3 is 19.4 Å². The number of carbonyl (C=O) groups excluding carboxylic acids is 1. The fourth-order valence-corrected chi connectivity index (χ4v) is 4.09. The Labute approximate surface area is 185 Å². The first-order valence-corrected chi connectivity index (χ1v) is 10.7. The molecule has 1 aromatic carbocycles. The van der Waals surface area contributed by atoms with Gasteiger partial charge in [0.1, 0.15) is 19.8 Å². The van der Waals surface area contributed by atoms with E-state index in [1.807, 2.05) is 74.1 Å². The minimum atomic E-state index is -0.194. The fourth-order valence-electron chi connectivity index (χ4n) is 4.09. The second-order valence-electron chi connectivity index (χ2n) is 8.04. The minimum Gasteiger partial charge on any atom is -0.486 e. The smallest absolute Gasteiger partial charge is 0.242 e. The van der Waals surface area contributed by atoms with Gasteiger partial charge >= 0.3 is 0 Å². The van der Waals surface area contributed by atoms with E-state index in [2.05, 4.69) is 10.3 Å². The van der Waals surface area contributed by atoms with Crippen LogP contribution in [-0.4, -0.2) is 38.5 Å². The monoisotopic (exact) mass is 431 g/mol. The topological polar surface area (TPSA) is 83.2 Å². The van der Waals surface area contributed by atoms with Crippen LogP contribution in [0.1, 0.15) is 29.8 Å². The molecule has 0 saturated carbocycles. The van der Waals surface area contributed by atoms with Crippen molar-refractivity contribution in [3.8, 4) is 17.3 Å². The van der Waals surface area contributed by atoms with Gasteiger partial charge in [0, 0.05) is 18.1 Å². The maximum Gasteiger partial charge on any atom is 0.242 e. The number of hydrogen-bond donors (Lipinski definition) is 1. The average Bonchev–Trinajstić information content (AvgIpc) is 3.42. The van der Waals surface area contributed by atoms with E-state index in [1.165, 1.54) is 0 Å². The second-order valence-corrected chi connectivity index (χ2v) is 8.04. The van der Waals surface area contributed by atoms with Crippen LogP contribution in [0.25, 0.3) is 16.9 Å². The SMILES string of the molecule is Cc1cc(C)c2c(-n3cccc3)nn(CC(=O)NC(C)c3ccc4c(c3)OCCO4)c2n1. The molecule has 0 aliphatic carbocycles. The predicted octanol–water partition coefficient (Wildman–Crippen LogP) is 3.49. The molecule has 4 aromatic rings. The maximum absolute atomic E-state index is 12.9. The van der Waals surface area contributed by atoms with Crippen LogP contribution in [0.2, 0.25) is 0 Å². The quantitative estimate of drug-likeness (QED) is 0.523. The molecule has 1 aliphatic rings. The average molecular weight is 431 g/mol. The van der Waals surface area contributed by atoms with Crippen molar-refractivity contribution < 1.29 is 14.3 Å². The lowest BCUT2D eigenvalue weighted by Gasteiger charge is -2.21. The Bertz CT molecular complexity index is 1290. The van der Waals surface area contributed by atoms with E-state index in [-0.39, 0.29) is 18.5 Å². The number of pyridine rings is 1. The van der Waals surface area contributed by atoms with E-state index in [4.69, 9.17) is 14.6 Å². The van der Waals surface area contributed by atoms with Gasteiger partial charge in [0.2, 0.25) is 5.91 Å². The van der Waals surface area contributed by atoms with E-state index in [9.17, 15) is 4.79 Å². The molecule has 0 radical (unpaired) electrons. The maximum atomic E-state index is 12.9.